The molecule has 2 N–H and O–H groups in total. The van der Waals surface area contributed by atoms with E-state index >= 15 is 0 Å². The molecule has 0 spiro atoms. The monoisotopic (exact) mass is 275 g/mol. The molecule has 106 valence electrons. The number of halogens is 1. The summed E-state index contributed by atoms with van der Waals surface area (Å²) in [4.78, 5) is 0. The Bertz CT molecular complexity index is 613. The normalized spacial score (nSPS) is 12.1. The molecule has 0 radical (unpaired) electrons. The standard InChI is InChI=1S/C16H18FNO2/c1-10-4-6-12(14(17)8-10)16(18)13-7-5-11(19-2)9-15(13)20-3/h4-9,16H,18H2,1-3H3. The molecule has 0 bridgehead atoms. The van der Waals surface area contributed by atoms with E-state index in [0.29, 0.717) is 17.1 Å². The third-order valence-electron chi connectivity index (χ3n) is 3.27. The second-order valence-electron chi connectivity index (χ2n) is 4.61. The first kappa shape index (κ1) is 14.3. The fourth-order valence-corrected chi connectivity index (χ4v) is 2.13. The molecule has 2 aromatic carbocycles. The number of rotatable bonds is 4. The Kier molecular flexibility index (Phi) is 4.25. The van der Waals surface area contributed by atoms with Crippen LogP contribution < -0.4 is 15.2 Å². The van der Waals surface area contributed by atoms with Crippen molar-refractivity contribution in [3.63, 3.8) is 0 Å². The van der Waals surface area contributed by atoms with Crippen molar-refractivity contribution in [2.45, 2.75) is 13.0 Å². The van der Waals surface area contributed by atoms with Crippen molar-refractivity contribution in [1.29, 1.82) is 0 Å². The molecule has 0 aromatic heterocycles. The fraction of sp³-hybridized carbons (Fsp3) is 0.250. The molecule has 4 heteroatoms. The van der Waals surface area contributed by atoms with Crippen LogP contribution in [0.1, 0.15) is 22.7 Å². The molecule has 3 nitrogen and oxygen atoms in total. The summed E-state index contributed by atoms with van der Waals surface area (Å²) in [5.41, 5.74) is 8.20. The van der Waals surface area contributed by atoms with Crippen LogP contribution in [-0.4, -0.2) is 14.2 Å². The summed E-state index contributed by atoms with van der Waals surface area (Å²) in [6, 6.07) is 9.75. The van der Waals surface area contributed by atoms with Gasteiger partial charge in [0, 0.05) is 17.2 Å². The zero-order valence-electron chi connectivity index (χ0n) is 11.8. The highest BCUT2D eigenvalue weighted by atomic mass is 19.1. The summed E-state index contributed by atoms with van der Waals surface area (Å²) < 4.78 is 24.5. The van der Waals surface area contributed by atoms with Gasteiger partial charge in [-0.3, -0.25) is 0 Å². The molecule has 0 saturated heterocycles. The minimum absolute atomic E-state index is 0.310. The molecular weight excluding hydrogens is 257 g/mol. The highest BCUT2D eigenvalue weighted by molar-refractivity contribution is 5.46. The van der Waals surface area contributed by atoms with Gasteiger partial charge in [-0.05, 0) is 30.7 Å². The van der Waals surface area contributed by atoms with Crippen LogP contribution >= 0.6 is 0 Å². The van der Waals surface area contributed by atoms with Crippen molar-refractivity contribution in [1.82, 2.24) is 0 Å². The zero-order chi connectivity index (χ0) is 14.7. The summed E-state index contributed by atoms with van der Waals surface area (Å²) in [6.45, 7) is 1.84. The van der Waals surface area contributed by atoms with E-state index in [1.54, 1.807) is 38.5 Å². The van der Waals surface area contributed by atoms with E-state index in [0.717, 1.165) is 11.1 Å². The number of benzene rings is 2. The maximum absolute atomic E-state index is 14.0. The van der Waals surface area contributed by atoms with E-state index in [9.17, 15) is 4.39 Å². The van der Waals surface area contributed by atoms with Crippen molar-refractivity contribution in [2.24, 2.45) is 5.73 Å². The molecule has 0 amide bonds. The van der Waals surface area contributed by atoms with Crippen LogP contribution in [0.5, 0.6) is 11.5 Å². The van der Waals surface area contributed by atoms with Crippen LogP contribution in [0.4, 0.5) is 4.39 Å². The Morgan fingerprint density at radius 2 is 1.70 bits per heavy atom. The van der Waals surface area contributed by atoms with Gasteiger partial charge in [0.1, 0.15) is 17.3 Å². The molecule has 0 aliphatic rings. The van der Waals surface area contributed by atoms with Gasteiger partial charge in [-0.15, -0.1) is 0 Å². The zero-order valence-corrected chi connectivity index (χ0v) is 11.8. The first-order valence-corrected chi connectivity index (χ1v) is 6.30. The smallest absolute Gasteiger partial charge is 0.128 e. The van der Waals surface area contributed by atoms with Crippen molar-refractivity contribution in [3.8, 4) is 11.5 Å². The summed E-state index contributed by atoms with van der Waals surface area (Å²) in [7, 11) is 3.13. The van der Waals surface area contributed by atoms with Gasteiger partial charge in [-0.2, -0.15) is 0 Å². The van der Waals surface area contributed by atoms with Gasteiger partial charge in [0.15, 0.2) is 0 Å². The number of hydrogen-bond donors (Lipinski definition) is 1. The Balaban J connectivity index is 2.44. The molecule has 1 unspecified atom stereocenters. The molecule has 0 aliphatic heterocycles. The maximum Gasteiger partial charge on any atom is 0.128 e. The summed E-state index contributed by atoms with van der Waals surface area (Å²) >= 11 is 0. The lowest BCUT2D eigenvalue weighted by Crippen LogP contribution is -2.15. The van der Waals surface area contributed by atoms with Crippen LogP contribution in [0, 0.1) is 12.7 Å². The predicted octanol–water partition coefficient (Wildman–Crippen LogP) is 3.20. The molecule has 1 atom stereocenters. The lowest BCUT2D eigenvalue weighted by Gasteiger charge is -2.17. The van der Waals surface area contributed by atoms with Crippen molar-refractivity contribution >= 4 is 0 Å². The second kappa shape index (κ2) is 5.92. The van der Waals surface area contributed by atoms with E-state index in [1.165, 1.54) is 6.07 Å². The SMILES string of the molecule is COc1ccc(C(N)c2ccc(C)cc2F)c(OC)c1. The van der Waals surface area contributed by atoms with Crippen LogP contribution in [-0.2, 0) is 0 Å². The molecule has 0 saturated carbocycles. The number of methoxy groups -OCH3 is 2. The van der Waals surface area contributed by atoms with Gasteiger partial charge in [0.05, 0.1) is 20.3 Å². The Morgan fingerprint density at radius 3 is 2.30 bits per heavy atom. The number of aryl methyl sites for hydroxylation is 1. The van der Waals surface area contributed by atoms with E-state index in [4.69, 9.17) is 15.2 Å². The predicted molar refractivity (Wildman–Crippen MR) is 76.7 cm³/mol. The second-order valence-corrected chi connectivity index (χ2v) is 4.61. The molecule has 0 aliphatic carbocycles. The van der Waals surface area contributed by atoms with Crippen molar-refractivity contribution < 1.29 is 13.9 Å². The topological polar surface area (TPSA) is 44.5 Å². The fourth-order valence-electron chi connectivity index (χ4n) is 2.13. The van der Waals surface area contributed by atoms with E-state index in [2.05, 4.69) is 0 Å². The first-order chi connectivity index (χ1) is 9.56. The highest BCUT2D eigenvalue weighted by Crippen LogP contribution is 2.32. The number of nitrogens with two attached hydrogens (primary N) is 1. The van der Waals surface area contributed by atoms with Crippen LogP contribution in [0.3, 0.4) is 0 Å². The third kappa shape index (κ3) is 2.75. The Labute approximate surface area is 118 Å². The van der Waals surface area contributed by atoms with Crippen molar-refractivity contribution in [3.05, 3.63) is 58.9 Å². The largest absolute Gasteiger partial charge is 0.497 e. The van der Waals surface area contributed by atoms with Gasteiger partial charge in [-0.25, -0.2) is 4.39 Å². The summed E-state index contributed by atoms with van der Waals surface area (Å²) in [6.07, 6.45) is 0. The lowest BCUT2D eigenvalue weighted by molar-refractivity contribution is 0.389. The van der Waals surface area contributed by atoms with Gasteiger partial charge >= 0.3 is 0 Å². The molecular formula is C16H18FNO2. The minimum Gasteiger partial charge on any atom is -0.497 e. The third-order valence-corrected chi connectivity index (χ3v) is 3.27. The van der Waals surface area contributed by atoms with Gasteiger partial charge in [-0.1, -0.05) is 12.1 Å². The number of ether oxygens (including phenoxy) is 2. The van der Waals surface area contributed by atoms with E-state index in [1.807, 2.05) is 13.0 Å². The van der Waals surface area contributed by atoms with Crippen LogP contribution in [0.15, 0.2) is 36.4 Å². The molecule has 2 rings (SSSR count). The highest BCUT2D eigenvalue weighted by Gasteiger charge is 2.18. The average molecular weight is 275 g/mol. The molecule has 0 heterocycles. The maximum atomic E-state index is 14.0. The van der Waals surface area contributed by atoms with Crippen molar-refractivity contribution in [2.75, 3.05) is 14.2 Å². The van der Waals surface area contributed by atoms with Gasteiger partial charge in [0.25, 0.3) is 0 Å². The lowest BCUT2D eigenvalue weighted by atomic mass is 9.97. The van der Waals surface area contributed by atoms with Gasteiger partial charge in [0.2, 0.25) is 0 Å². The van der Waals surface area contributed by atoms with E-state index < -0.39 is 6.04 Å². The molecule has 2 aromatic rings. The van der Waals surface area contributed by atoms with E-state index in [-0.39, 0.29) is 5.82 Å². The average Bonchev–Trinajstić information content (AvgIpc) is 2.46. The Morgan fingerprint density at radius 1 is 1.00 bits per heavy atom. The number of hydrogen-bond acceptors (Lipinski definition) is 3. The minimum atomic E-state index is -0.587. The summed E-state index contributed by atoms with van der Waals surface area (Å²) in [5, 5.41) is 0. The molecule has 0 fully saturated rings. The summed E-state index contributed by atoms with van der Waals surface area (Å²) in [5.74, 6) is 0.939. The Hall–Kier alpha value is -2.07. The van der Waals surface area contributed by atoms with Crippen LogP contribution in [0.2, 0.25) is 0 Å². The quantitative estimate of drug-likeness (QED) is 0.932. The molecule has 20 heavy (non-hydrogen) atoms. The first-order valence-electron chi connectivity index (χ1n) is 6.30. The van der Waals surface area contributed by atoms with Crippen LogP contribution in [0.25, 0.3) is 0 Å². The van der Waals surface area contributed by atoms with Gasteiger partial charge < -0.3 is 15.2 Å².